The number of carbonyl (C=O) groups is 1. The van der Waals surface area contributed by atoms with Crippen molar-refractivity contribution in [1.82, 2.24) is 0 Å². The molecule has 0 saturated heterocycles. The molecule has 0 aliphatic heterocycles. The average molecular weight is 313 g/mol. The fourth-order valence-electron chi connectivity index (χ4n) is 3.62. The number of hydrogen-bond donors (Lipinski definition) is 1. The van der Waals surface area contributed by atoms with Gasteiger partial charge in [-0.2, -0.15) is 0 Å². The molecule has 1 saturated carbocycles. The van der Waals surface area contributed by atoms with Crippen LogP contribution in [-0.4, -0.2) is 5.91 Å². The number of carbonyl (C=O) groups excluding carboxylic acids is 1. The Kier molecular flexibility index (Phi) is 5.27. The van der Waals surface area contributed by atoms with Gasteiger partial charge in [-0.15, -0.1) is 0 Å². The molecule has 1 aromatic carbocycles. The maximum absolute atomic E-state index is 12.9. The fourth-order valence-corrected chi connectivity index (χ4v) is 3.62. The first-order chi connectivity index (χ1) is 11.3. The Morgan fingerprint density at radius 1 is 0.870 bits per heavy atom. The number of halogens is 1. The van der Waals surface area contributed by atoms with Crippen LogP contribution in [-0.2, 0) is 4.79 Å². The number of anilines is 1. The van der Waals surface area contributed by atoms with E-state index in [2.05, 4.69) is 29.6 Å². The largest absolute Gasteiger partial charge is 0.326 e. The van der Waals surface area contributed by atoms with Crippen molar-refractivity contribution in [3.63, 3.8) is 0 Å². The zero-order valence-corrected chi connectivity index (χ0v) is 13.4. The lowest BCUT2D eigenvalue weighted by molar-refractivity contribution is -0.117. The van der Waals surface area contributed by atoms with Crippen molar-refractivity contribution in [3.8, 4) is 0 Å². The normalized spacial score (nSPS) is 30.2. The van der Waals surface area contributed by atoms with Crippen molar-refractivity contribution in [2.75, 3.05) is 5.32 Å². The van der Waals surface area contributed by atoms with Gasteiger partial charge < -0.3 is 5.32 Å². The van der Waals surface area contributed by atoms with Crippen LogP contribution in [0.1, 0.15) is 38.5 Å². The molecule has 2 aliphatic rings. The monoisotopic (exact) mass is 313 g/mol. The summed E-state index contributed by atoms with van der Waals surface area (Å²) in [5.74, 6) is 0.909. The summed E-state index contributed by atoms with van der Waals surface area (Å²) in [5.41, 5.74) is 0.679. The zero-order valence-electron chi connectivity index (χ0n) is 13.4. The Morgan fingerprint density at radius 3 is 1.96 bits per heavy atom. The quantitative estimate of drug-likeness (QED) is 0.757. The second-order valence-electron chi connectivity index (χ2n) is 6.52. The highest BCUT2D eigenvalue weighted by molar-refractivity contribution is 5.94. The summed E-state index contributed by atoms with van der Waals surface area (Å²) in [7, 11) is 0. The zero-order chi connectivity index (χ0) is 16.1. The van der Waals surface area contributed by atoms with E-state index in [0.717, 1.165) is 38.5 Å². The fraction of sp³-hybridized carbons (Fsp3) is 0.450. The topological polar surface area (TPSA) is 29.1 Å². The lowest BCUT2D eigenvalue weighted by Crippen LogP contribution is -2.15. The third kappa shape index (κ3) is 4.31. The van der Waals surface area contributed by atoms with Gasteiger partial charge in [0.15, 0.2) is 0 Å². The van der Waals surface area contributed by atoms with Crippen LogP contribution in [0.15, 0.2) is 48.6 Å². The van der Waals surface area contributed by atoms with Crippen LogP contribution in [0, 0.1) is 23.6 Å². The van der Waals surface area contributed by atoms with E-state index in [1.54, 1.807) is 12.1 Å². The molecule has 0 spiro atoms. The van der Waals surface area contributed by atoms with E-state index in [9.17, 15) is 9.18 Å². The second kappa shape index (κ2) is 7.58. The van der Waals surface area contributed by atoms with Crippen molar-refractivity contribution in [1.29, 1.82) is 0 Å². The summed E-state index contributed by atoms with van der Waals surface area (Å²) in [4.78, 5) is 12.5. The Labute approximate surface area is 137 Å². The van der Waals surface area contributed by atoms with Crippen LogP contribution >= 0.6 is 0 Å². The van der Waals surface area contributed by atoms with Gasteiger partial charge in [0.2, 0.25) is 5.91 Å². The van der Waals surface area contributed by atoms with E-state index in [-0.39, 0.29) is 17.6 Å². The number of rotatable bonds is 2. The first-order valence-corrected chi connectivity index (χ1v) is 8.62. The van der Waals surface area contributed by atoms with Gasteiger partial charge in [0.25, 0.3) is 0 Å². The van der Waals surface area contributed by atoms with Crippen molar-refractivity contribution in [2.45, 2.75) is 38.5 Å². The van der Waals surface area contributed by atoms with E-state index < -0.39 is 0 Å². The van der Waals surface area contributed by atoms with Gasteiger partial charge in [-0.25, -0.2) is 4.39 Å². The van der Waals surface area contributed by atoms with E-state index >= 15 is 0 Å². The molecule has 0 radical (unpaired) electrons. The molecule has 2 atom stereocenters. The molecule has 0 aromatic heterocycles. The minimum absolute atomic E-state index is 0.0921. The molecule has 3 rings (SSSR count). The molecular formula is C20H24FNO. The number of fused-ring (bicyclic) bond motifs is 1. The molecule has 122 valence electrons. The van der Waals surface area contributed by atoms with Gasteiger partial charge in [0.05, 0.1) is 0 Å². The van der Waals surface area contributed by atoms with Crippen LogP contribution < -0.4 is 5.32 Å². The summed E-state index contributed by atoms with van der Waals surface area (Å²) < 4.78 is 12.9. The smallest absolute Gasteiger partial charge is 0.228 e. The third-order valence-corrected chi connectivity index (χ3v) is 4.91. The number of amides is 1. The molecule has 1 fully saturated rings. The van der Waals surface area contributed by atoms with Crippen molar-refractivity contribution >= 4 is 11.6 Å². The van der Waals surface area contributed by atoms with Gasteiger partial charge in [-0.3, -0.25) is 4.79 Å². The van der Waals surface area contributed by atoms with Crippen molar-refractivity contribution in [2.24, 2.45) is 17.8 Å². The summed E-state index contributed by atoms with van der Waals surface area (Å²) in [6, 6.07) is 5.99. The molecule has 1 amide bonds. The van der Waals surface area contributed by atoms with Crippen LogP contribution in [0.25, 0.3) is 0 Å². The van der Waals surface area contributed by atoms with E-state index in [1.165, 1.54) is 12.1 Å². The van der Waals surface area contributed by atoms with Gasteiger partial charge in [0, 0.05) is 11.6 Å². The molecule has 3 heteroatoms. The van der Waals surface area contributed by atoms with Crippen LogP contribution in [0.3, 0.4) is 0 Å². The van der Waals surface area contributed by atoms with E-state index in [1.807, 2.05) is 0 Å². The lowest BCUT2D eigenvalue weighted by atomic mass is 10.1. The number of allylic oxidation sites excluding steroid dienone is 4. The van der Waals surface area contributed by atoms with Gasteiger partial charge in [-0.1, -0.05) is 24.3 Å². The average Bonchev–Trinajstić information content (AvgIpc) is 3.22. The van der Waals surface area contributed by atoms with E-state index in [4.69, 9.17) is 0 Å². The maximum atomic E-state index is 12.9. The molecular weight excluding hydrogens is 289 g/mol. The Bertz CT molecular complexity index is 566. The highest BCUT2D eigenvalue weighted by atomic mass is 19.1. The summed E-state index contributed by atoms with van der Waals surface area (Å²) in [5, 5.41) is 2.94. The predicted molar refractivity (Wildman–Crippen MR) is 91.5 cm³/mol. The molecule has 1 aromatic rings. The standard InChI is InChI=1S/C20H24FNO/c21-15-11-13-16(14-12-15)22-20(23)19-17-9-7-5-3-1-2-4-6-8-10-18(17)19/h3-6,11-14,17-19H,1-2,7-10H2,(H,22,23)/b5-3-,6-4-/t17-,18-/m0/s1. The number of benzene rings is 1. The summed E-state index contributed by atoms with van der Waals surface area (Å²) in [6.07, 6.45) is 15.5. The van der Waals surface area contributed by atoms with Gasteiger partial charge >= 0.3 is 0 Å². The maximum Gasteiger partial charge on any atom is 0.228 e. The number of hydrogen-bond acceptors (Lipinski definition) is 1. The SMILES string of the molecule is O=C(Nc1ccc(F)cc1)C1[C@H]2CC/C=C\CC/C=C\CC[C@H]12. The van der Waals surface area contributed by atoms with Crippen molar-refractivity contribution in [3.05, 3.63) is 54.4 Å². The predicted octanol–water partition coefficient (Wildman–Crippen LogP) is 5.09. The third-order valence-electron chi connectivity index (χ3n) is 4.91. The van der Waals surface area contributed by atoms with Crippen LogP contribution in [0.5, 0.6) is 0 Å². The summed E-state index contributed by atoms with van der Waals surface area (Å²) in [6.45, 7) is 0. The van der Waals surface area contributed by atoms with E-state index in [0.29, 0.717) is 17.5 Å². The minimum Gasteiger partial charge on any atom is -0.326 e. The second-order valence-corrected chi connectivity index (χ2v) is 6.52. The highest BCUT2D eigenvalue weighted by Gasteiger charge is 2.52. The molecule has 1 N–H and O–H groups in total. The molecule has 0 heterocycles. The highest BCUT2D eigenvalue weighted by Crippen LogP contribution is 2.52. The Morgan fingerprint density at radius 2 is 1.39 bits per heavy atom. The Balaban J connectivity index is 1.60. The summed E-state index contributed by atoms with van der Waals surface area (Å²) >= 11 is 0. The Hall–Kier alpha value is -1.90. The molecule has 2 aliphatic carbocycles. The van der Waals surface area contributed by atoms with Gasteiger partial charge in [-0.05, 0) is 74.6 Å². The first kappa shape index (κ1) is 16.0. The van der Waals surface area contributed by atoms with Crippen molar-refractivity contribution < 1.29 is 9.18 Å². The molecule has 0 unspecified atom stereocenters. The lowest BCUT2D eigenvalue weighted by Gasteiger charge is -2.04. The van der Waals surface area contributed by atoms with Crippen LogP contribution in [0.4, 0.5) is 10.1 Å². The molecule has 2 nitrogen and oxygen atoms in total. The first-order valence-electron chi connectivity index (χ1n) is 8.62. The molecule has 23 heavy (non-hydrogen) atoms. The molecule has 0 bridgehead atoms. The minimum atomic E-state index is -0.283. The van der Waals surface area contributed by atoms with Gasteiger partial charge in [0.1, 0.15) is 5.82 Å². The number of nitrogens with one attached hydrogen (secondary N) is 1. The van der Waals surface area contributed by atoms with Crippen LogP contribution in [0.2, 0.25) is 0 Å².